The van der Waals surface area contributed by atoms with Crippen molar-refractivity contribution in [3.05, 3.63) is 35.4 Å². The largest absolute Gasteiger partial charge is 0.465 e. The third-order valence-corrected chi connectivity index (χ3v) is 1.87. The Bertz CT molecular complexity index is 432. The fourth-order valence-corrected chi connectivity index (χ4v) is 1.18. The summed E-state index contributed by atoms with van der Waals surface area (Å²) in [5.41, 5.74) is 0.422. The number of hydrogen-bond acceptors (Lipinski definition) is 4. The van der Waals surface area contributed by atoms with Gasteiger partial charge in [0, 0.05) is 5.56 Å². The maximum Gasteiger partial charge on any atom is 0.338 e. The summed E-state index contributed by atoms with van der Waals surface area (Å²) in [7, 11) is 1.24. The van der Waals surface area contributed by atoms with Crippen LogP contribution >= 0.6 is 0 Å². The molecule has 0 atom stereocenters. The van der Waals surface area contributed by atoms with Gasteiger partial charge in [0.1, 0.15) is 0 Å². The van der Waals surface area contributed by atoms with Crippen molar-refractivity contribution in [1.82, 2.24) is 0 Å². The number of rotatable bonds is 3. The van der Waals surface area contributed by atoms with Gasteiger partial charge >= 0.3 is 5.97 Å². The van der Waals surface area contributed by atoms with Crippen LogP contribution in [-0.4, -0.2) is 18.9 Å². The van der Waals surface area contributed by atoms with E-state index in [2.05, 4.69) is 4.74 Å². The molecular formula is C11H9NO3. The number of methoxy groups -OCH3 is 1. The first-order chi connectivity index (χ1) is 7.20. The van der Waals surface area contributed by atoms with Crippen LogP contribution in [0.4, 0.5) is 0 Å². The molecule has 0 bridgehead atoms. The van der Waals surface area contributed by atoms with Crippen LogP contribution in [-0.2, 0) is 4.74 Å². The summed E-state index contributed by atoms with van der Waals surface area (Å²) in [4.78, 5) is 22.7. The molecule has 0 aliphatic carbocycles. The van der Waals surface area contributed by atoms with Gasteiger partial charge < -0.3 is 4.74 Å². The Morgan fingerprint density at radius 2 is 1.93 bits per heavy atom. The number of ketones is 1. The maximum absolute atomic E-state index is 11.5. The summed E-state index contributed by atoms with van der Waals surface area (Å²) in [6, 6.07) is 8.02. The minimum absolute atomic E-state index is 0.195. The first-order valence-corrected chi connectivity index (χ1v) is 4.28. The molecule has 4 nitrogen and oxygen atoms in total. The first-order valence-electron chi connectivity index (χ1n) is 4.28. The lowest BCUT2D eigenvalue weighted by atomic mass is 10.0. The highest BCUT2D eigenvalue weighted by Gasteiger charge is 2.16. The van der Waals surface area contributed by atoms with Gasteiger partial charge in [0.2, 0.25) is 0 Å². The highest BCUT2D eigenvalue weighted by atomic mass is 16.5. The lowest BCUT2D eigenvalue weighted by Gasteiger charge is -2.04. The van der Waals surface area contributed by atoms with Crippen LogP contribution < -0.4 is 0 Å². The van der Waals surface area contributed by atoms with Gasteiger partial charge in [-0.3, -0.25) is 4.79 Å². The van der Waals surface area contributed by atoms with E-state index in [-0.39, 0.29) is 23.3 Å². The van der Waals surface area contributed by atoms with Crippen molar-refractivity contribution in [3.63, 3.8) is 0 Å². The van der Waals surface area contributed by atoms with Crippen LogP contribution in [0, 0.1) is 11.3 Å². The normalized spacial score (nSPS) is 9.07. The van der Waals surface area contributed by atoms with Gasteiger partial charge in [-0.05, 0) is 6.07 Å². The van der Waals surface area contributed by atoms with Crippen molar-refractivity contribution >= 4 is 11.8 Å². The molecule has 0 N–H and O–H groups in total. The van der Waals surface area contributed by atoms with Crippen LogP contribution in [0.15, 0.2) is 24.3 Å². The smallest absolute Gasteiger partial charge is 0.338 e. The van der Waals surface area contributed by atoms with E-state index in [1.807, 2.05) is 0 Å². The third-order valence-electron chi connectivity index (χ3n) is 1.87. The molecule has 0 amide bonds. The molecule has 0 saturated heterocycles. The molecule has 0 aromatic heterocycles. The van der Waals surface area contributed by atoms with Crippen molar-refractivity contribution < 1.29 is 14.3 Å². The van der Waals surface area contributed by atoms with E-state index in [4.69, 9.17) is 5.26 Å². The topological polar surface area (TPSA) is 67.2 Å². The van der Waals surface area contributed by atoms with Gasteiger partial charge in [-0.15, -0.1) is 0 Å². The number of Topliss-reactive ketones (excluding diaryl/α,β-unsaturated/α-hetero) is 1. The molecule has 15 heavy (non-hydrogen) atoms. The zero-order valence-electron chi connectivity index (χ0n) is 8.19. The Balaban J connectivity index is 3.13. The average molecular weight is 203 g/mol. The molecule has 0 unspecified atom stereocenters. The van der Waals surface area contributed by atoms with Gasteiger partial charge in [0.15, 0.2) is 5.78 Å². The molecular weight excluding hydrogens is 194 g/mol. The first kappa shape index (κ1) is 10.9. The van der Waals surface area contributed by atoms with Crippen molar-refractivity contribution in [2.45, 2.75) is 6.42 Å². The summed E-state index contributed by atoms with van der Waals surface area (Å²) >= 11 is 0. The van der Waals surface area contributed by atoms with Crippen molar-refractivity contribution in [2.75, 3.05) is 7.11 Å². The highest BCUT2D eigenvalue weighted by molar-refractivity contribution is 6.06. The zero-order valence-corrected chi connectivity index (χ0v) is 8.19. The molecule has 76 valence electrons. The predicted molar refractivity (Wildman–Crippen MR) is 52.3 cm³/mol. The number of ether oxygens (including phenoxy) is 1. The number of carbonyl (C=O) groups excluding carboxylic acids is 2. The van der Waals surface area contributed by atoms with Gasteiger partial charge in [-0.2, -0.15) is 5.26 Å². The number of nitriles is 1. The summed E-state index contributed by atoms with van der Waals surface area (Å²) in [5, 5.41) is 8.40. The van der Waals surface area contributed by atoms with Crippen LogP contribution in [0.25, 0.3) is 0 Å². The van der Waals surface area contributed by atoms with Crippen molar-refractivity contribution in [3.8, 4) is 6.07 Å². The predicted octanol–water partition coefficient (Wildman–Crippen LogP) is 1.57. The molecule has 0 spiro atoms. The van der Waals surface area contributed by atoms with E-state index >= 15 is 0 Å². The average Bonchev–Trinajstić information content (AvgIpc) is 2.28. The third kappa shape index (κ3) is 2.41. The summed E-state index contributed by atoms with van der Waals surface area (Å²) in [6.07, 6.45) is -0.242. The Morgan fingerprint density at radius 1 is 1.33 bits per heavy atom. The fraction of sp³-hybridized carbons (Fsp3) is 0.182. The van der Waals surface area contributed by atoms with E-state index in [9.17, 15) is 9.59 Å². The molecule has 1 aromatic rings. The molecule has 1 aromatic carbocycles. The minimum Gasteiger partial charge on any atom is -0.465 e. The van der Waals surface area contributed by atoms with Gasteiger partial charge in [0.05, 0.1) is 25.2 Å². The number of carbonyl (C=O) groups is 2. The van der Waals surface area contributed by atoms with E-state index in [1.165, 1.54) is 19.2 Å². The Hall–Kier alpha value is -2.15. The van der Waals surface area contributed by atoms with Crippen LogP contribution in [0.3, 0.4) is 0 Å². The van der Waals surface area contributed by atoms with Gasteiger partial charge in [-0.25, -0.2) is 4.79 Å². The molecule has 4 heteroatoms. The molecule has 0 fully saturated rings. The molecule has 0 aliphatic rings. The summed E-state index contributed by atoms with van der Waals surface area (Å²) < 4.78 is 4.53. The summed E-state index contributed by atoms with van der Waals surface area (Å²) in [6.45, 7) is 0. The highest BCUT2D eigenvalue weighted by Crippen LogP contribution is 2.12. The number of nitrogens with zero attached hydrogens (tertiary/aromatic N) is 1. The van der Waals surface area contributed by atoms with E-state index in [1.54, 1.807) is 18.2 Å². The quantitative estimate of drug-likeness (QED) is 0.552. The zero-order chi connectivity index (χ0) is 11.3. The second-order valence-corrected chi connectivity index (χ2v) is 2.80. The fourth-order valence-electron chi connectivity index (χ4n) is 1.18. The molecule has 0 radical (unpaired) electrons. The lowest BCUT2D eigenvalue weighted by Crippen LogP contribution is -2.09. The number of benzene rings is 1. The second kappa shape index (κ2) is 4.91. The van der Waals surface area contributed by atoms with Crippen LogP contribution in [0.5, 0.6) is 0 Å². The Kier molecular flexibility index (Phi) is 3.58. The van der Waals surface area contributed by atoms with Crippen LogP contribution in [0.1, 0.15) is 27.1 Å². The minimum atomic E-state index is -0.572. The number of esters is 1. The Labute approximate surface area is 87.1 Å². The van der Waals surface area contributed by atoms with E-state index in [0.717, 1.165) is 0 Å². The van der Waals surface area contributed by atoms with E-state index < -0.39 is 5.97 Å². The van der Waals surface area contributed by atoms with Gasteiger partial charge in [-0.1, -0.05) is 18.2 Å². The van der Waals surface area contributed by atoms with Gasteiger partial charge in [0.25, 0.3) is 0 Å². The second-order valence-electron chi connectivity index (χ2n) is 2.80. The molecule has 0 aliphatic heterocycles. The van der Waals surface area contributed by atoms with Crippen LogP contribution in [0.2, 0.25) is 0 Å². The van der Waals surface area contributed by atoms with Crippen molar-refractivity contribution in [1.29, 1.82) is 5.26 Å². The maximum atomic E-state index is 11.5. The van der Waals surface area contributed by atoms with E-state index in [0.29, 0.717) is 0 Å². The summed E-state index contributed by atoms with van der Waals surface area (Å²) in [5.74, 6) is -0.949. The standard InChI is InChI=1S/C11H9NO3/c1-15-11(14)9-5-3-2-4-8(9)10(13)6-7-12/h2-5H,6H2,1H3. The molecule has 0 saturated carbocycles. The number of hydrogen-bond donors (Lipinski definition) is 0. The monoisotopic (exact) mass is 203 g/mol. The molecule has 0 heterocycles. The van der Waals surface area contributed by atoms with Crippen molar-refractivity contribution in [2.24, 2.45) is 0 Å². The Morgan fingerprint density at radius 3 is 2.47 bits per heavy atom. The molecule has 1 rings (SSSR count). The SMILES string of the molecule is COC(=O)c1ccccc1C(=O)CC#N. The lowest BCUT2D eigenvalue weighted by molar-refractivity contribution is 0.0597.